The van der Waals surface area contributed by atoms with Crippen LogP contribution in [0.5, 0.6) is 5.75 Å². The summed E-state index contributed by atoms with van der Waals surface area (Å²) in [5.74, 6) is 0.605. The van der Waals surface area contributed by atoms with Crippen LogP contribution in [0.15, 0.2) is 54.6 Å². The van der Waals surface area contributed by atoms with E-state index in [9.17, 15) is 4.79 Å². The summed E-state index contributed by atoms with van der Waals surface area (Å²) in [5, 5.41) is 3.09. The number of hydrogen-bond acceptors (Lipinski definition) is 8. The smallest absolute Gasteiger partial charge is 0.347 e. The molecule has 8 heteroatoms. The molecule has 8 nitrogen and oxygen atoms in total. The van der Waals surface area contributed by atoms with E-state index in [4.69, 9.17) is 15.2 Å². The lowest BCUT2D eigenvalue weighted by Crippen LogP contribution is -2.26. The van der Waals surface area contributed by atoms with E-state index in [1.807, 2.05) is 49.4 Å². The molecule has 1 atom stereocenters. The number of rotatable bonds is 7. The molecule has 1 aromatic heterocycles. The number of nitrogens with zero attached hydrogens (tertiary/aromatic N) is 3. The number of anilines is 3. The molecule has 0 saturated carbocycles. The van der Waals surface area contributed by atoms with Crippen LogP contribution in [0.2, 0.25) is 0 Å². The third-order valence-corrected chi connectivity index (χ3v) is 3.82. The van der Waals surface area contributed by atoms with Crippen LogP contribution in [0, 0.1) is 6.92 Å². The van der Waals surface area contributed by atoms with Gasteiger partial charge in [0.1, 0.15) is 5.75 Å². The lowest BCUT2D eigenvalue weighted by molar-refractivity contribution is -0.152. The van der Waals surface area contributed by atoms with E-state index >= 15 is 0 Å². The number of carbonyl (C=O) groups is 1. The molecule has 144 valence electrons. The van der Waals surface area contributed by atoms with Gasteiger partial charge < -0.3 is 20.5 Å². The number of carbonyl (C=O) groups excluding carboxylic acids is 1. The first-order valence-electron chi connectivity index (χ1n) is 8.72. The van der Waals surface area contributed by atoms with Gasteiger partial charge in [-0.1, -0.05) is 36.4 Å². The highest BCUT2D eigenvalue weighted by atomic mass is 16.6. The Kier molecular flexibility index (Phi) is 6.01. The number of aromatic nitrogens is 3. The first-order valence-corrected chi connectivity index (χ1v) is 8.72. The minimum atomic E-state index is -0.772. The van der Waals surface area contributed by atoms with Gasteiger partial charge in [-0.2, -0.15) is 15.0 Å². The molecular formula is C20H21N5O3. The molecule has 1 unspecified atom stereocenters. The van der Waals surface area contributed by atoms with Crippen LogP contribution >= 0.6 is 0 Å². The fraction of sp³-hybridized carbons (Fsp3) is 0.200. The van der Waals surface area contributed by atoms with Crippen LogP contribution in [0.25, 0.3) is 0 Å². The third-order valence-electron chi connectivity index (χ3n) is 3.82. The summed E-state index contributed by atoms with van der Waals surface area (Å²) in [6, 6.07) is 16.7. The minimum absolute atomic E-state index is 0.0331. The Morgan fingerprint density at radius 2 is 1.79 bits per heavy atom. The number of nitrogens with one attached hydrogen (secondary N) is 1. The monoisotopic (exact) mass is 379 g/mol. The molecule has 0 radical (unpaired) electrons. The highest BCUT2D eigenvalue weighted by Crippen LogP contribution is 2.18. The van der Waals surface area contributed by atoms with Gasteiger partial charge in [0.2, 0.25) is 11.9 Å². The first-order chi connectivity index (χ1) is 13.5. The van der Waals surface area contributed by atoms with E-state index in [0.717, 1.165) is 11.3 Å². The van der Waals surface area contributed by atoms with Gasteiger partial charge >= 0.3 is 5.97 Å². The predicted molar refractivity (Wildman–Crippen MR) is 105 cm³/mol. The Balaban J connectivity index is 1.62. The Morgan fingerprint density at radius 3 is 2.54 bits per heavy atom. The lowest BCUT2D eigenvalue weighted by atomic mass is 10.2. The summed E-state index contributed by atoms with van der Waals surface area (Å²) < 4.78 is 10.8. The number of aryl methyl sites for hydroxylation is 1. The molecule has 28 heavy (non-hydrogen) atoms. The molecule has 3 N–H and O–H groups in total. The number of benzene rings is 2. The van der Waals surface area contributed by atoms with Gasteiger partial charge in [-0.05, 0) is 37.6 Å². The molecule has 2 aromatic carbocycles. The standard InChI is InChI=1S/C20H21N5O3/c1-13-8-6-7-11-16(13)22-20-24-17(23-19(21)25-20)12-27-18(26)14(2)28-15-9-4-3-5-10-15/h3-11,14H,12H2,1-2H3,(H3,21,22,23,24,25). The normalized spacial score (nSPS) is 11.5. The summed E-state index contributed by atoms with van der Waals surface area (Å²) in [6.07, 6.45) is -0.772. The van der Waals surface area contributed by atoms with Crippen LogP contribution < -0.4 is 15.8 Å². The highest BCUT2D eigenvalue weighted by Gasteiger charge is 2.17. The van der Waals surface area contributed by atoms with Crippen molar-refractivity contribution in [3.63, 3.8) is 0 Å². The van der Waals surface area contributed by atoms with Gasteiger partial charge in [-0.25, -0.2) is 4.79 Å². The van der Waals surface area contributed by atoms with E-state index in [-0.39, 0.29) is 24.3 Å². The van der Waals surface area contributed by atoms with Gasteiger partial charge in [0, 0.05) is 5.69 Å². The Labute approximate surface area is 162 Å². The molecule has 0 aliphatic rings. The summed E-state index contributed by atoms with van der Waals surface area (Å²) in [4.78, 5) is 24.5. The van der Waals surface area contributed by atoms with Crippen LogP contribution in [-0.2, 0) is 16.1 Å². The maximum Gasteiger partial charge on any atom is 0.347 e. The first kappa shape index (κ1) is 19.1. The van der Waals surface area contributed by atoms with Crippen molar-refractivity contribution in [1.82, 2.24) is 15.0 Å². The zero-order valence-electron chi connectivity index (χ0n) is 15.6. The molecule has 3 aromatic rings. The van der Waals surface area contributed by atoms with Crippen LogP contribution in [-0.4, -0.2) is 27.0 Å². The average molecular weight is 379 g/mol. The number of ether oxygens (including phenoxy) is 2. The molecule has 0 saturated heterocycles. The van der Waals surface area contributed by atoms with E-state index in [1.165, 1.54) is 0 Å². The van der Waals surface area contributed by atoms with E-state index in [1.54, 1.807) is 19.1 Å². The van der Waals surface area contributed by atoms with E-state index in [2.05, 4.69) is 20.3 Å². The Morgan fingerprint density at radius 1 is 1.07 bits per heavy atom. The van der Waals surface area contributed by atoms with Gasteiger partial charge in [0.25, 0.3) is 0 Å². The second-order valence-electron chi connectivity index (χ2n) is 6.05. The average Bonchev–Trinajstić information content (AvgIpc) is 2.68. The van der Waals surface area contributed by atoms with Gasteiger partial charge in [0.15, 0.2) is 18.5 Å². The number of nitrogen functional groups attached to an aromatic ring is 1. The summed E-state index contributed by atoms with van der Waals surface area (Å²) in [5.41, 5.74) is 7.63. The number of nitrogens with two attached hydrogens (primary N) is 1. The van der Waals surface area contributed by atoms with Crippen molar-refractivity contribution >= 4 is 23.6 Å². The zero-order chi connectivity index (χ0) is 19.9. The van der Waals surface area contributed by atoms with Crippen molar-refractivity contribution in [1.29, 1.82) is 0 Å². The SMILES string of the molecule is Cc1ccccc1Nc1nc(N)nc(COC(=O)C(C)Oc2ccccc2)n1. The second kappa shape index (κ2) is 8.81. The van der Waals surface area contributed by atoms with Crippen molar-refractivity contribution in [3.05, 3.63) is 66.0 Å². The topological polar surface area (TPSA) is 112 Å². The van der Waals surface area contributed by atoms with Crippen molar-refractivity contribution in [3.8, 4) is 5.75 Å². The quantitative estimate of drug-likeness (QED) is 0.603. The summed E-state index contributed by atoms with van der Waals surface area (Å²) in [7, 11) is 0. The maximum atomic E-state index is 12.2. The molecule has 1 heterocycles. The van der Waals surface area contributed by atoms with Crippen LogP contribution in [0.4, 0.5) is 17.6 Å². The number of esters is 1. The van der Waals surface area contributed by atoms with Crippen molar-refractivity contribution in [2.24, 2.45) is 0 Å². The van der Waals surface area contributed by atoms with Gasteiger partial charge in [-0.3, -0.25) is 0 Å². The molecule has 0 spiro atoms. The largest absolute Gasteiger partial charge is 0.479 e. The predicted octanol–water partition coefficient (Wildman–Crippen LogP) is 3.02. The van der Waals surface area contributed by atoms with E-state index in [0.29, 0.717) is 5.75 Å². The minimum Gasteiger partial charge on any atom is -0.479 e. The molecule has 0 bridgehead atoms. The van der Waals surface area contributed by atoms with Crippen LogP contribution in [0.3, 0.4) is 0 Å². The summed E-state index contributed by atoms with van der Waals surface area (Å²) >= 11 is 0. The molecular weight excluding hydrogens is 358 g/mol. The molecule has 0 amide bonds. The highest BCUT2D eigenvalue weighted by molar-refractivity contribution is 5.74. The Bertz CT molecular complexity index is 950. The fourth-order valence-electron chi connectivity index (χ4n) is 2.40. The van der Waals surface area contributed by atoms with Crippen molar-refractivity contribution in [2.45, 2.75) is 26.6 Å². The number of para-hydroxylation sites is 2. The second-order valence-corrected chi connectivity index (χ2v) is 6.05. The maximum absolute atomic E-state index is 12.2. The number of hydrogen-bond donors (Lipinski definition) is 2. The zero-order valence-corrected chi connectivity index (χ0v) is 15.6. The molecule has 0 fully saturated rings. The Hall–Kier alpha value is -3.68. The third kappa shape index (κ3) is 5.16. The van der Waals surface area contributed by atoms with Crippen LogP contribution in [0.1, 0.15) is 18.3 Å². The van der Waals surface area contributed by atoms with Crippen molar-refractivity contribution < 1.29 is 14.3 Å². The van der Waals surface area contributed by atoms with Gasteiger partial charge in [-0.15, -0.1) is 0 Å². The fourth-order valence-corrected chi connectivity index (χ4v) is 2.40. The van der Waals surface area contributed by atoms with E-state index < -0.39 is 12.1 Å². The molecule has 0 aliphatic carbocycles. The van der Waals surface area contributed by atoms with Gasteiger partial charge in [0.05, 0.1) is 0 Å². The molecule has 3 rings (SSSR count). The molecule has 0 aliphatic heterocycles. The summed E-state index contributed by atoms with van der Waals surface area (Å²) in [6.45, 7) is 3.43. The van der Waals surface area contributed by atoms with Crippen molar-refractivity contribution in [2.75, 3.05) is 11.1 Å². The lowest BCUT2D eigenvalue weighted by Gasteiger charge is -2.14.